The molecule has 2 nitrogen and oxygen atoms in total. The minimum absolute atomic E-state index is 0.387. The molecule has 0 amide bonds. The Morgan fingerprint density at radius 3 is 2.58 bits per heavy atom. The first-order valence-corrected chi connectivity index (χ1v) is 4.11. The summed E-state index contributed by atoms with van der Waals surface area (Å²) in [6.07, 6.45) is 8.12. The Labute approximate surface area is 73.9 Å². The summed E-state index contributed by atoms with van der Waals surface area (Å²) in [5, 5.41) is 0. The summed E-state index contributed by atoms with van der Waals surface area (Å²) in [7, 11) is 0. The molecule has 68 valence electrons. The zero-order chi connectivity index (χ0) is 9.23. The van der Waals surface area contributed by atoms with Gasteiger partial charge in [-0.2, -0.15) is 0 Å². The number of carbonyl (C=O) groups is 1. The van der Waals surface area contributed by atoms with E-state index in [2.05, 4.69) is 24.7 Å². The Kier molecular flexibility index (Phi) is 7.35. The molecule has 0 aromatic rings. The molecule has 0 saturated carbocycles. The van der Waals surface area contributed by atoms with E-state index in [1.54, 1.807) is 0 Å². The minimum atomic E-state index is 0.387. The van der Waals surface area contributed by atoms with Gasteiger partial charge in [0.05, 0.1) is 0 Å². The molecule has 0 fully saturated rings. The molecule has 0 saturated heterocycles. The van der Waals surface area contributed by atoms with Crippen LogP contribution < -0.4 is 0 Å². The van der Waals surface area contributed by atoms with Crippen molar-refractivity contribution in [3.8, 4) is 0 Å². The van der Waals surface area contributed by atoms with E-state index >= 15 is 0 Å². The lowest BCUT2D eigenvalue weighted by Gasteiger charge is -1.90. The number of unbranched alkanes of at least 4 members (excludes halogenated alkanes) is 1. The summed E-state index contributed by atoms with van der Waals surface area (Å²) in [5.74, 6) is 0. The molecule has 0 N–H and O–H groups in total. The van der Waals surface area contributed by atoms with Crippen LogP contribution >= 0.6 is 0 Å². The Balaban J connectivity index is 3.24. The van der Waals surface area contributed by atoms with Crippen molar-refractivity contribution in [3.05, 3.63) is 23.8 Å². The molecule has 0 aromatic carbocycles. The van der Waals surface area contributed by atoms with Crippen LogP contribution in [0.25, 0.3) is 0 Å². The molecule has 0 rings (SSSR count). The molecule has 0 radical (unpaired) electrons. The summed E-state index contributed by atoms with van der Waals surface area (Å²) in [6, 6.07) is 0. The van der Waals surface area contributed by atoms with Crippen LogP contribution in [-0.4, -0.2) is 13.1 Å². The standard InChI is InChI=1S/C10H16O2/c1-10(2)7-5-3-4-6-8-12-9-11/h4,6-7,9H,3,5,8H2,1-2H3/b6-4+. The molecule has 0 aliphatic rings. The van der Waals surface area contributed by atoms with Crippen molar-refractivity contribution in [2.45, 2.75) is 26.7 Å². The molecule has 0 unspecified atom stereocenters. The normalized spacial score (nSPS) is 9.83. The molecular formula is C10H16O2. The van der Waals surface area contributed by atoms with Crippen molar-refractivity contribution >= 4 is 6.47 Å². The van der Waals surface area contributed by atoms with Crippen LogP contribution in [-0.2, 0) is 9.53 Å². The third-order valence-corrected chi connectivity index (χ3v) is 1.31. The summed E-state index contributed by atoms with van der Waals surface area (Å²) >= 11 is 0. The number of ether oxygens (including phenoxy) is 1. The summed E-state index contributed by atoms with van der Waals surface area (Å²) in [4.78, 5) is 9.72. The molecule has 0 aliphatic heterocycles. The van der Waals surface area contributed by atoms with Gasteiger partial charge in [-0.15, -0.1) is 0 Å². The first kappa shape index (κ1) is 11.0. The molecule has 0 bridgehead atoms. The van der Waals surface area contributed by atoms with Crippen molar-refractivity contribution < 1.29 is 9.53 Å². The van der Waals surface area contributed by atoms with Gasteiger partial charge in [0, 0.05) is 0 Å². The quantitative estimate of drug-likeness (QED) is 0.346. The van der Waals surface area contributed by atoms with Crippen LogP contribution in [0.5, 0.6) is 0 Å². The monoisotopic (exact) mass is 168 g/mol. The van der Waals surface area contributed by atoms with Crippen LogP contribution in [0, 0.1) is 0 Å². The zero-order valence-corrected chi connectivity index (χ0v) is 7.75. The van der Waals surface area contributed by atoms with E-state index in [4.69, 9.17) is 0 Å². The number of hydrogen-bond donors (Lipinski definition) is 0. The highest BCUT2D eigenvalue weighted by Crippen LogP contribution is 1.97. The molecular weight excluding hydrogens is 152 g/mol. The topological polar surface area (TPSA) is 26.3 Å². The van der Waals surface area contributed by atoms with Crippen LogP contribution in [0.4, 0.5) is 0 Å². The molecule has 12 heavy (non-hydrogen) atoms. The van der Waals surface area contributed by atoms with E-state index in [0.717, 1.165) is 12.8 Å². The smallest absolute Gasteiger partial charge is 0.293 e. The SMILES string of the molecule is CC(C)=CCC/C=C/COC=O. The summed E-state index contributed by atoms with van der Waals surface area (Å²) < 4.78 is 4.48. The second-order valence-electron chi connectivity index (χ2n) is 2.76. The molecule has 0 heterocycles. The number of allylic oxidation sites excluding steroid dienone is 3. The number of hydrogen-bond acceptors (Lipinski definition) is 2. The molecule has 0 aliphatic carbocycles. The lowest BCUT2D eigenvalue weighted by Crippen LogP contribution is -1.84. The van der Waals surface area contributed by atoms with E-state index < -0.39 is 0 Å². The fourth-order valence-corrected chi connectivity index (χ4v) is 0.749. The predicted molar refractivity (Wildman–Crippen MR) is 49.8 cm³/mol. The first-order valence-electron chi connectivity index (χ1n) is 4.11. The maximum absolute atomic E-state index is 9.72. The van der Waals surface area contributed by atoms with Gasteiger partial charge in [-0.3, -0.25) is 4.79 Å². The highest BCUT2D eigenvalue weighted by Gasteiger charge is 1.79. The summed E-state index contributed by atoms with van der Waals surface area (Å²) in [5.41, 5.74) is 1.34. The molecule has 0 spiro atoms. The zero-order valence-electron chi connectivity index (χ0n) is 7.75. The maximum Gasteiger partial charge on any atom is 0.293 e. The van der Waals surface area contributed by atoms with E-state index in [-0.39, 0.29) is 0 Å². The Hall–Kier alpha value is -1.05. The highest BCUT2D eigenvalue weighted by molar-refractivity contribution is 5.37. The second-order valence-corrected chi connectivity index (χ2v) is 2.76. The fraction of sp³-hybridized carbons (Fsp3) is 0.500. The second kappa shape index (κ2) is 8.05. The third kappa shape index (κ3) is 8.95. The highest BCUT2D eigenvalue weighted by atomic mass is 16.5. The number of carbonyl (C=O) groups excluding carboxylic acids is 1. The van der Waals surface area contributed by atoms with Crippen LogP contribution in [0.15, 0.2) is 23.8 Å². The van der Waals surface area contributed by atoms with Gasteiger partial charge in [-0.05, 0) is 26.7 Å². The van der Waals surface area contributed by atoms with Crippen LogP contribution in [0.3, 0.4) is 0 Å². The number of rotatable bonds is 6. The predicted octanol–water partition coefficient (Wildman–Crippen LogP) is 2.46. The van der Waals surface area contributed by atoms with E-state index in [0.29, 0.717) is 13.1 Å². The van der Waals surface area contributed by atoms with Gasteiger partial charge < -0.3 is 4.74 Å². The van der Waals surface area contributed by atoms with Crippen molar-refractivity contribution in [1.82, 2.24) is 0 Å². The average molecular weight is 168 g/mol. The van der Waals surface area contributed by atoms with Crippen LogP contribution in [0.1, 0.15) is 26.7 Å². The van der Waals surface area contributed by atoms with E-state index in [1.807, 2.05) is 12.2 Å². The van der Waals surface area contributed by atoms with Crippen molar-refractivity contribution in [2.24, 2.45) is 0 Å². The molecule has 0 atom stereocenters. The molecule has 2 heteroatoms. The van der Waals surface area contributed by atoms with Gasteiger partial charge in [0.1, 0.15) is 6.61 Å². The lowest BCUT2D eigenvalue weighted by molar-refractivity contribution is -0.127. The van der Waals surface area contributed by atoms with Gasteiger partial charge in [-0.1, -0.05) is 23.8 Å². The van der Waals surface area contributed by atoms with Gasteiger partial charge >= 0.3 is 0 Å². The van der Waals surface area contributed by atoms with Crippen molar-refractivity contribution in [1.29, 1.82) is 0 Å². The van der Waals surface area contributed by atoms with Gasteiger partial charge in [0.15, 0.2) is 0 Å². The van der Waals surface area contributed by atoms with Crippen molar-refractivity contribution in [2.75, 3.05) is 6.61 Å². The van der Waals surface area contributed by atoms with Gasteiger partial charge in [0.25, 0.3) is 6.47 Å². The molecule has 0 aromatic heterocycles. The Morgan fingerprint density at radius 1 is 1.25 bits per heavy atom. The third-order valence-electron chi connectivity index (χ3n) is 1.31. The Bertz CT molecular complexity index is 165. The largest absolute Gasteiger partial charge is 0.464 e. The van der Waals surface area contributed by atoms with Crippen LogP contribution in [0.2, 0.25) is 0 Å². The van der Waals surface area contributed by atoms with Gasteiger partial charge in [-0.25, -0.2) is 0 Å². The van der Waals surface area contributed by atoms with Gasteiger partial charge in [0.2, 0.25) is 0 Å². The summed E-state index contributed by atoms with van der Waals surface area (Å²) in [6.45, 7) is 5.01. The lowest BCUT2D eigenvalue weighted by atomic mass is 10.2. The van der Waals surface area contributed by atoms with Crippen molar-refractivity contribution in [3.63, 3.8) is 0 Å². The average Bonchev–Trinajstić information content (AvgIpc) is 2.02. The first-order chi connectivity index (χ1) is 5.77. The fourth-order valence-electron chi connectivity index (χ4n) is 0.749. The minimum Gasteiger partial charge on any atom is -0.464 e. The maximum atomic E-state index is 9.72. The Morgan fingerprint density at radius 2 is 2.00 bits per heavy atom. The van der Waals surface area contributed by atoms with E-state index in [1.165, 1.54) is 5.57 Å². The van der Waals surface area contributed by atoms with E-state index in [9.17, 15) is 4.79 Å².